The van der Waals surface area contributed by atoms with Crippen molar-refractivity contribution in [2.75, 3.05) is 54.0 Å². The van der Waals surface area contributed by atoms with Crippen molar-refractivity contribution in [1.82, 2.24) is 20.4 Å². The van der Waals surface area contributed by atoms with E-state index in [-0.39, 0.29) is 11.9 Å². The van der Waals surface area contributed by atoms with Gasteiger partial charge in [-0.25, -0.2) is 0 Å². The third-order valence-corrected chi connectivity index (χ3v) is 5.67. The highest BCUT2D eigenvalue weighted by Gasteiger charge is 2.23. The summed E-state index contributed by atoms with van der Waals surface area (Å²) in [4.78, 5) is 20.5. The Balaban J connectivity index is 1.60. The van der Waals surface area contributed by atoms with Crippen LogP contribution in [0.2, 0.25) is 0 Å². The van der Waals surface area contributed by atoms with Crippen molar-refractivity contribution in [1.29, 1.82) is 0 Å². The van der Waals surface area contributed by atoms with Gasteiger partial charge in [-0.05, 0) is 30.2 Å². The van der Waals surface area contributed by atoms with Crippen LogP contribution in [0.1, 0.15) is 33.1 Å². The molecule has 1 aliphatic rings. The van der Waals surface area contributed by atoms with E-state index in [9.17, 15) is 4.79 Å². The molecule has 0 spiro atoms. The third kappa shape index (κ3) is 6.55. The van der Waals surface area contributed by atoms with Crippen LogP contribution < -0.4 is 10.6 Å². The molecule has 1 aliphatic heterocycles. The summed E-state index contributed by atoms with van der Waals surface area (Å²) in [6.07, 6.45) is 0. The monoisotopic (exact) mass is 437 g/mol. The van der Waals surface area contributed by atoms with Gasteiger partial charge in [0, 0.05) is 52.9 Å². The Morgan fingerprint density at radius 3 is 2.47 bits per heavy atom. The summed E-state index contributed by atoms with van der Waals surface area (Å²) in [6, 6.07) is 16.6. The normalized spacial score (nSPS) is 15.8. The van der Waals surface area contributed by atoms with E-state index < -0.39 is 0 Å². The first-order valence-electron chi connectivity index (χ1n) is 11.1. The van der Waals surface area contributed by atoms with Crippen molar-refractivity contribution in [2.24, 2.45) is 4.99 Å². The first kappa shape index (κ1) is 23.8. The van der Waals surface area contributed by atoms with Gasteiger partial charge in [0.15, 0.2) is 5.96 Å². The van der Waals surface area contributed by atoms with E-state index in [0.29, 0.717) is 12.1 Å². The number of aryl methyl sites for hydroxylation is 1. The topological polar surface area (TPSA) is 69.2 Å². The molecule has 1 saturated heterocycles. The van der Waals surface area contributed by atoms with Gasteiger partial charge < -0.3 is 20.3 Å². The lowest BCUT2D eigenvalue weighted by molar-refractivity contribution is 0.0170. The molecule has 1 fully saturated rings. The highest BCUT2D eigenvalue weighted by molar-refractivity contribution is 5.93. The molecule has 3 rings (SSSR count). The summed E-state index contributed by atoms with van der Waals surface area (Å²) in [5.41, 5.74) is 4.34. The Morgan fingerprint density at radius 2 is 1.84 bits per heavy atom. The number of ether oxygens (including phenoxy) is 1. The lowest BCUT2D eigenvalue weighted by atomic mass is 10.0. The number of benzene rings is 2. The summed E-state index contributed by atoms with van der Waals surface area (Å²) in [5.74, 6) is 0.761. The van der Waals surface area contributed by atoms with Gasteiger partial charge in [0.1, 0.15) is 0 Å². The molecule has 2 aromatic carbocycles. The maximum Gasteiger partial charge on any atom is 0.253 e. The second kappa shape index (κ2) is 11.6. The summed E-state index contributed by atoms with van der Waals surface area (Å²) in [6.45, 7) is 6.88. The maximum atomic E-state index is 12.1. The molecule has 2 N–H and O–H groups in total. The van der Waals surface area contributed by atoms with Crippen molar-refractivity contribution >= 4 is 11.9 Å². The average molecular weight is 438 g/mol. The molecular weight excluding hydrogens is 402 g/mol. The number of amides is 1. The van der Waals surface area contributed by atoms with Gasteiger partial charge in [0.25, 0.3) is 5.91 Å². The minimum absolute atomic E-state index is 0.00675. The molecule has 32 heavy (non-hydrogen) atoms. The minimum atomic E-state index is 0.00675. The van der Waals surface area contributed by atoms with Crippen LogP contribution in [0.4, 0.5) is 0 Å². The van der Waals surface area contributed by atoms with E-state index in [1.165, 1.54) is 11.1 Å². The summed E-state index contributed by atoms with van der Waals surface area (Å²) >= 11 is 0. The lowest BCUT2D eigenvalue weighted by Gasteiger charge is -2.35. The molecule has 1 unspecified atom stereocenters. The van der Waals surface area contributed by atoms with Crippen LogP contribution in [0.3, 0.4) is 0 Å². The van der Waals surface area contributed by atoms with Crippen LogP contribution in [-0.2, 0) is 11.3 Å². The van der Waals surface area contributed by atoms with Crippen LogP contribution in [0, 0.1) is 6.92 Å². The molecule has 7 nitrogen and oxygen atoms in total. The smallest absolute Gasteiger partial charge is 0.253 e. The number of carbonyl (C=O) groups excluding carboxylic acids is 1. The molecule has 0 radical (unpaired) electrons. The zero-order valence-electron chi connectivity index (χ0n) is 19.6. The fraction of sp³-hybridized carbons (Fsp3) is 0.440. The summed E-state index contributed by atoms with van der Waals surface area (Å²) < 4.78 is 5.56. The van der Waals surface area contributed by atoms with E-state index in [1.54, 1.807) is 26.0 Å². The van der Waals surface area contributed by atoms with E-state index in [0.717, 1.165) is 44.4 Å². The minimum Gasteiger partial charge on any atom is -0.379 e. The van der Waals surface area contributed by atoms with E-state index in [2.05, 4.69) is 51.7 Å². The molecule has 0 aromatic heterocycles. The van der Waals surface area contributed by atoms with Crippen molar-refractivity contribution in [2.45, 2.75) is 19.5 Å². The van der Waals surface area contributed by atoms with Crippen molar-refractivity contribution < 1.29 is 9.53 Å². The number of carbonyl (C=O) groups is 1. The summed E-state index contributed by atoms with van der Waals surface area (Å²) in [7, 11) is 5.30. The molecule has 1 amide bonds. The number of hydrogen-bond donors (Lipinski definition) is 2. The number of hydrogen-bond acceptors (Lipinski definition) is 4. The third-order valence-electron chi connectivity index (χ3n) is 5.67. The highest BCUT2D eigenvalue weighted by Crippen LogP contribution is 2.22. The predicted octanol–water partition coefficient (Wildman–Crippen LogP) is 2.44. The van der Waals surface area contributed by atoms with Gasteiger partial charge >= 0.3 is 0 Å². The van der Waals surface area contributed by atoms with Crippen LogP contribution >= 0.6 is 0 Å². The largest absolute Gasteiger partial charge is 0.379 e. The SMILES string of the molecule is CN=C(NCc1ccc(C(=O)N(C)C)cc1)NCC(c1cccc(C)c1)N1CCOCC1. The predicted molar refractivity (Wildman–Crippen MR) is 129 cm³/mol. The fourth-order valence-corrected chi connectivity index (χ4v) is 3.85. The van der Waals surface area contributed by atoms with Crippen molar-refractivity contribution in [3.63, 3.8) is 0 Å². The lowest BCUT2D eigenvalue weighted by Crippen LogP contribution is -2.46. The zero-order valence-corrected chi connectivity index (χ0v) is 19.6. The zero-order chi connectivity index (χ0) is 22.9. The van der Waals surface area contributed by atoms with Gasteiger partial charge in [0.2, 0.25) is 0 Å². The number of guanidine groups is 1. The van der Waals surface area contributed by atoms with Gasteiger partial charge in [-0.2, -0.15) is 0 Å². The number of aliphatic imine (C=N–C) groups is 1. The van der Waals surface area contributed by atoms with Crippen LogP contribution in [0.25, 0.3) is 0 Å². The molecule has 0 saturated carbocycles. The number of morpholine rings is 1. The quantitative estimate of drug-likeness (QED) is 0.514. The molecule has 2 aromatic rings. The van der Waals surface area contributed by atoms with E-state index in [4.69, 9.17) is 4.74 Å². The molecule has 0 bridgehead atoms. The second-order valence-electron chi connectivity index (χ2n) is 8.28. The van der Waals surface area contributed by atoms with Crippen LogP contribution in [-0.4, -0.2) is 75.7 Å². The number of nitrogens with one attached hydrogen (secondary N) is 2. The molecule has 0 aliphatic carbocycles. The Hall–Kier alpha value is -2.90. The van der Waals surface area contributed by atoms with Gasteiger partial charge in [0.05, 0.1) is 19.3 Å². The molecular formula is C25H35N5O2. The van der Waals surface area contributed by atoms with E-state index in [1.807, 2.05) is 24.3 Å². The number of rotatable bonds is 7. The first-order valence-corrected chi connectivity index (χ1v) is 11.1. The molecule has 1 heterocycles. The Kier molecular flexibility index (Phi) is 8.64. The molecule has 1 atom stereocenters. The molecule has 172 valence electrons. The van der Waals surface area contributed by atoms with Crippen LogP contribution in [0.15, 0.2) is 53.5 Å². The molecule has 7 heteroatoms. The van der Waals surface area contributed by atoms with Gasteiger partial charge in [-0.3, -0.25) is 14.7 Å². The van der Waals surface area contributed by atoms with E-state index >= 15 is 0 Å². The van der Waals surface area contributed by atoms with Crippen molar-refractivity contribution in [3.05, 3.63) is 70.8 Å². The standard InChI is InChI=1S/C25H35N5O2/c1-19-6-5-7-22(16-19)23(30-12-14-32-15-13-30)18-28-25(26-2)27-17-20-8-10-21(11-9-20)24(31)29(3)4/h5-11,16,23H,12-15,17-18H2,1-4H3,(H2,26,27,28). The average Bonchev–Trinajstić information content (AvgIpc) is 2.81. The highest BCUT2D eigenvalue weighted by atomic mass is 16.5. The maximum absolute atomic E-state index is 12.1. The van der Waals surface area contributed by atoms with Gasteiger partial charge in [-0.15, -0.1) is 0 Å². The number of nitrogens with zero attached hydrogens (tertiary/aromatic N) is 3. The first-order chi connectivity index (χ1) is 15.5. The fourth-order valence-electron chi connectivity index (χ4n) is 3.85. The van der Waals surface area contributed by atoms with Gasteiger partial charge in [-0.1, -0.05) is 42.0 Å². The Bertz CT molecular complexity index is 905. The Labute approximate surface area is 191 Å². The van der Waals surface area contributed by atoms with Crippen molar-refractivity contribution in [3.8, 4) is 0 Å². The second-order valence-corrected chi connectivity index (χ2v) is 8.28. The summed E-state index contributed by atoms with van der Waals surface area (Å²) in [5, 5.41) is 6.87. The van der Waals surface area contributed by atoms with Crippen LogP contribution in [0.5, 0.6) is 0 Å². The Morgan fingerprint density at radius 1 is 1.12 bits per heavy atom.